The molecule has 1 aromatic heterocycles. The third-order valence-electron chi connectivity index (χ3n) is 5.34. The van der Waals surface area contributed by atoms with E-state index in [1.54, 1.807) is 6.07 Å². The highest BCUT2D eigenvalue weighted by molar-refractivity contribution is 5.93. The van der Waals surface area contributed by atoms with Crippen LogP contribution in [0.15, 0.2) is 42.6 Å². The summed E-state index contributed by atoms with van der Waals surface area (Å²) in [5.74, 6) is 0.0658. The standard InChI is InChI=1S/C20H22N4O2/c1-23-8-3-6-18(23)19(25)24-9-7-20(14-24)11-17(13-26-20)22-16-5-2-4-15(10-16)12-21/h2-6,8,10,17,22H,7,9,11,13-14H2,1H3/t17-,20-/m0/s1. The highest BCUT2D eigenvalue weighted by atomic mass is 16.5. The number of carbonyl (C=O) groups excluding carboxylic acids is 1. The summed E-state index contributed by atoms with van der Waals surface area (Å²) in [6.07, 6.45) is 3.61. The van der Waals surface area contributed by atoms with Crippen molar-refractivity contribution in [3.63, 3.8) is 0 Å². The number of aromatic nitrogens is 1. The minimum atomic E-state index is -0.259. The Kier molecular flexibility index (Phi) is 4.17. The van der Waals surface area contributed by atoms with Crippen LogP contribution in [0, 0.1) is 11.3 Å². The fraction of sp³-hybridized carbons (Fsp3) is 0.400. The number of carbonyl (C=O) groups is 1. The summed E-state index contributed by atoms with van der Waals surface area (Å²) in [7, 11) is 1.89. The molecule has 1 amide bonds. The molecule has 0 bridgehead atoms. The van der Waals surface area contributed by atoms with Crippen molar-refractivity contribution in [1.29, 1.82) is 5.26 Å². The van der Waals surface area contributed by atoms with E-state index in [0.717, 1.165) is 25.1 Å². The van der Waals surface area contributed by atoms with Crippen LogP contribution in [0.3, 0.4) is 0 Å². The van der Waals surface area contributed by atoms with Crippen LogP contribution in [0.1, 0.15) is 28.9 Å². The van der Waals surface area contributed by atoms with Gasteiger partial charge in [-0.05, 0) is 36.8 Å². The smallest absolute Gasteiger partial charge is 0.270 e. The Hall–Kier alpha value is -2.78. The molecule has 26 heavy (non-hydrogen) atoms. The van der Waals surface area contributed by atoms with E-state index in [9.17, 15) is 4.79 Å². The lowest BCUT2D eigenvalue weighted by Gasteiger charge is -2.23. The number of amides is 1. The van der Waals surface area contributed by atoms with Gasteiger partial charge in [0.2, 0.25) is 0 Å². The monoisotopic (exact) mass is 350 g/mol. The molecule has 2 atom stereocenters. The Morgan fingerprint density at radius 2 is 2.27 bits per heavy atom. The average molecular weight is 350 g/mol. The molecule has 134 valence electrons. The van der Waals surface area contributed by atoms with E-state index in [1.165, 1.54) is 0 Å². The summed E-state index contributed by atoms with van der Waals surface area (Å²) in [6, 6.07) is 13.6. The maximum atomic E-state index is 12.7. The predicted octanol–water partition coefficient (Wildman–Crippen LogP) is 2.38. The fourth-order valence-electron chi connectivity index (χ4n) is 4.00. The number of nitriles is 1. The van der Waals surface area contributed by atoms with Crippen LogP contribution in [0.5, 0.6) is 0 Å². The lowest BCUT2D eigenvalue weighted by atomic mass is 9.97. The molecule has 1 aromatic carbocycles. The fourth-order valence-corrected chi connectivity index (χ4v) is 4.00. The molecule has 0 unspecified atom stereocenters. The Labute approximate surface area is 153 Å². The van der Waals surface area contributed by atoms with Gasteiger partial charge in [0, 0.05) is 31.9 Å². The van der Waals surface area contributed by atoms with E-state index in [4.69, 9.17) is 10.00 Å². The Morgan fingerprint density at radius 1 is 1.38 bits per heavy atom. The molecule has 2 aliphatic rings. The molecule has 6 nitrogen and oxygen atoms in total. The Balaban J connectivity index is 1.40. The molecule has 2 aromatic rings. The van der Waals surface area contributed by atoms with E-state index in [2.05, 4.69) is 11.4 Å². The number of hydrogen-bond acceptors (Lipinski definition) is 4. The lowest BCUT2D eigenvalue weighted by Crippen LogP contribution is -2.36. The quantitative estimate of drug-likeness (QED) is 0.923. The molecule has 0 saturated carbocycles. The van der Waals surface area contributed by atoms with Crippen molar-refractivity contribution >= 4 is 11.6 Å². The number of aryl methyl sites for hydroxylation is 1. The Bertz CT molecular complexity index is 869. The molecule has 0 aliphatic carbocycles. The molecule has 2 fully saturated rings. The lowest BCUT2D eigenvalue weighted by molar-refractivity contribution is 0.0124. The molecule has 1 N–H and O–H groups in total. The number of nitrogens with zero attached hydrogens (tertiary/aromatic N) is 3. The van der Waals surface area contributed by atoms with E-state index < -0.39 is 0 Å². The SMILES string of the molecule is Cn1cccc1C(=O)N1CC[C@]2(C[C@H](Nc3cccc(C#N)c3)CO2)C1. The zero-order chi connectivity index (χ0) is 18.1. The van der Waals surface area contributed by atoms with Crippen LogP contribution in [-0.4, -0.2) is 46.7 Å². The number of anilines is 1. The second-order valence-corrected chi connectivity index (χ2v) is 7.21. The topological polar surface area (TPSA) is 70.3 Å². The Morgan fingerprint density at radius 3 is 3.04 bits per heavy atom. The number of nitrogens with one attached hydrogen (secondary N) is 1. The molecule has 3 heterocycles. The molecular formula is C20H22N4O2. The van der Waals surface area contributed by atoms with Crippen molar-refractivity contribution in [3.05, 3.63) is 53.9 Å². The molecule has 6 heteroatoms. The van der Waals surface area contributed by atoms with Gasteiger partial charge in [-0.15, -0.1) is 0 Å². The van der Waals surface area contributed by atoms with E-state index in [1.807, 2.05) is 53.0 Å². The summed E-state index contributed by atoms with van der Waals surface area (Å²) < 4.78 is 8.00. The summed E-state index contributed by atoms with van der Waals surface area (Å²) in [5, 5.41) is 12.5. The first-order valence-electron chi connectivity index (χ1n) is 8.90. The van der Waals surface area contributed by atoms with E-state index in [0.29, 0.717) is 24.4 Å². The minimum absolute atomic E-state index is 0.0658. The maximum Gasteiger partial charge on any atom is 0.270 e. The normalized spacial score (nSPS) is 24.8. The van der Waals surface area contributed by atoms with Gasteiger partial charge in [-0.2, -0.15) is 5.26 Å². The summed E-state index contributed by atoms with van der Waals surface area (Å²) in [6.45, 7) is 1.97. The van der Waals surface area contributed by atoms with Gasteiger partial charge in [-0.3, -0.25) is 4.79 Å². The molecular weight excluding hydrogens is 328 g/mol. The van der Waals surface area contributed by atoms with Gasteiger partial charge < -0.3 is 19.5 Å². The van der Waals surface area contributed by atoms with Crippen LogP contribution in [-0.2, 0) is 11.8 Å². The minimum Gasteiger partial charge on any atom is -0.380 e. The second-order valence-electron chi connectivity index (χ2n) is 7.21. The van der Waals surface area contributed by atoms with Crippen molar-refractivity contribution in [2.24, 2.45) is 7.05 Å². The second kappa shape index (κ2) is 6.50. The number of benzene rings is 1. The van der Waals surface area contributed by atoms with E-state index >= 15 is 0 Å². The van der Waals surface area contributed by atoms with Gasteiger partial charge >= 0.3 is 0 Å². The third-order valence-corrected chi connectivity index (χ3v) is 5.34. The van der Waals surface area contributed by atoms with Crippen molar-refractivity contribution in [3.8, 4) is 6.07 Å². The number of ether oxygens (including phenoxy) is 1. The van der Waals surface area contributed by atoms with Gasteiger partial charge in [0.15, 0.2) is 0 Å². The highest BCUT2D eigenvalue weighted by Crippen LogP contribution is 2.36. The van der Waals surface area contributed by atoms with Gasteiger partial charge in [0.05, 0.1) is 36.4 Å². The summed E-state index contributed by atoms with van der Waals surface area (Å²) in [5.41, 5.74) is 2.03. The molecule has 1 spiro atoms. The number of likely N-dealkylation sites (tertiary alicyclic amines) is 1. The average Bonchev–Trinajstić information content (AvgIpc) is 3.36. The largest absolute Gasteiger partial charge is 0.380 e. The first-order valence-corrected chi connectivity index (χ1v) is 8.90. The van der Waals surface area contributed by atoms with Crippen molar-refractivity contribution in [2.75, 3.05) is 25.0 Å². The van der Waals surface area contributed by atoms with Crippen LogP contribution in [0.2, 0.25) is 0 Å². The first-order chi connectivity index (χ1) is 12.6. The van der Waals surface area contributed by atoms with Crippen LogP contribution >= 0.6 is 0 Å². The van der Waals surface area contributed by atoms with Crippen molar-refractivity contribution in [1.82, 2.24) is 9.47 Å². The van der Waals surface area contributed by atoms with Crippen LogP contribution in [0.4, 0.5) is 5.69 Å². The molecule has 0 radical (unpaired) electrons. The van der Waals surface area contributed by atoms with Crippen LogP contribution in [0.25, 0.3) is 0 Å². The number of hydrogen-bond donors (Lipinski definition) is 1. The van der Waals surface area contributed by atoms with E-state index in [-0.39, 0.29) is 17.6 Å². The van der Waals surface area contributed by atoms with Crippen molar-refractivity contribution in [2.45, 2.75) is 24.5 Å². The van der Waals surface area contributed by atoms with Crippen molar-refractivity contribution < 1.29 is 9.53 Å². The zero-order valence-corrected chi connectivity index (χ0v) is 14.8. The van der Waals surface area contributed by atoms with Gasteiger partial charge in [0.25, 0.3) is 5.91 Å². The molecule has 2 saturated heterocycles. The van der Waals surface area contributed by atoms with Crippen LogP contribution < -0.4 is 5.32 Å². The van der Waals surface area contributed by atoms with Gasteiger partial charge in [-0.1, -0.05) is 6.07 Å². The summed E-state index contributed by atoms with van der Waals surface area (Å²) in [4.78, 5) is 14.6. The predicted molar refractivity (Wildman–Crippen MR) is 97.8 cm³/mol. The summed E-state index contributed by atoms with van der Waals surface area (Å²) >= 11 is 0. The third kappa shape index (κ3) is 3.06. The highest BCUT2D eigenvalue weighted by Gasteiger charge is 2.47. The maximum absolute atomic E-state index is 12.7. The first kappa shape index (κ1) is 16.7. The van der Waals surface area contributed by atoms with Gasteiger partial charge in [0.1, 0.15) is 5.69 Å². The molecule has 2 aliphatic heterocycles. The van der Waals surface area contributed by atoms with Gasteiger partial charge in [-0.25, -0.2) is 0 Å². The molecule has 4 rings (SSSR count). The zero-order valence-electron chi connectivity index (χ0n) is 14.8. The number of rotatable bonds is 3.